The Hall–Kier alpha value is -1.02. The smallest absolute Gasteiger partial charge is 0.242 e. The van der Waals surface area contributed by atoms with Gasteiger partial charge in [0.1, 0.15) is 4.90 Å². The van der Waals surface area contributed by atoms with Gasteiger partial charge < -0.3 is 5.11 Å². The lowest BCUT2D eigenvalue weighted by atomic mass is 10.1. The Morgan fingerprint density at radius 2 is 2.30 bits per heavy atom. The van der Waals surface area contributed by atoms with Crippen LogP contribution in [-0.4, -0.2) is 31.2 Å². The molecule has 20 heavy (non-hydrogen) atoms. The predicted octanol–water partition coefficient (Wildman–Crippen LogP) is 1.74. The number of aliphatic hydroxyl groups is 1. The zero-order valence-electron chi connectivity index (χ0n) is 10.8. The van der Waals surface area contributed by atoms with Gasteiger partial charge in [-0.3, -0.25) is 4.98 Å². The second kappa shape index (κ2) is 5.40. The predicted molar refractivity (Wildman–Crippen MR) is 78.2 cm³/mol. The van der Waals surface area contributed by atoms with Crippen LogP contribution in [0.4, 0.5) is 0 Å². The Labute approximate surface area is 121 Å². The van der Waals surface area contributed by atoms with Gasteiger partial charge in [0.25, 0.3) is 0 Å². The Balaban J connectivity index is 1.76. The summed E-state index contributed by atoms with van der Waals surface area (Å²) in [5.74, 6) is 0.0169. The summed E-state index contributed by atoms with van der Waals surface area (Å²) in [6.45, 7) is 0.284. The zero-order chi connectivity index (χ0) is 14.2. The molecule has 0 radical (unpaired) electrons. The lowest BCUT2D eigenvalue weighted by Gasteiger charge is -2.15. The van der Waals surface area contributed by atoms with Crippen molar-refractivity contribution in [1.29, 1.82) is 0 Å². The third-order valence-corrected chi connectivity index (χ3v) is 5.99. The molecule has 1 aliphatic rings. The first-order chi connectivity index (χ1) is 9.56. The van der Waals surface area contributed by atoms with Gasteiger partial charge in [-0.1, -0.05) is 6.42 Å². The van der Waals surface area contributed by atoms with Crippen molar-refractivity contribution in [2.45, 2.75) is 30.3 Å². The van der Waals surface area contributed by atoms with Crippen molar-refractivity contribution in [3.63, 3.8) is 0 Å². The molecule has 7 heteroatoms. The summed E-state index contributed by atoms with van der Waals surface area (Å²) < 4.78 is 27.9. The van der Waals surface area contributed by atoms with E-state index >= 15 is 0 Å². The van der Waals surface area contributed by atoms with Crippen LogP contribution in [0.1, 0.15) is 19.3 Å². The molecule has 1 aliphatic carbocycles. The standard InChI is InChI=1S/C13H16N2O3S2/c16-12-3-1-2-9(12)7-15-20(17,18)10-6-13-11(14-8-10)4-5-19-13/h4-6,8-9,12,15-16H,1-3,7H2/t9-,12+/m1/s1. The second-order valence-corrected chi connectivity index (χ2v) is 7.80. The number of aromatic nitrogens is 1. The highest BCUT2D eigenvalue weighted by atomic mass is 32.2. The highest BCUT2D eigenvalue weighted by molar-refractivity contribution is 7.89. The zero-order valence-corrected chi connectivity index (χ0v) is 12.5. The molecule has 2 atom stereocenters. The van der Waals surface area contributed by atoms with Gasteiger partial charge in [-0.15, -0.1) is 11.3 Å². The molecule has 0 unspecified atom stereocenters. The minimum absolute atomic E-state index is 0.0169. The molecular weight excluding hydrogens is 296 g/mol. The highest BCUT2D eigenvalue weighted by Crippen LogP contribution is 2.26. The number of pyridine rings is 1. The van der Waals surface area contributed by atoms with Crippen LogP contribution in [-0.2, 0) is 10.0 Å². The maximum Gasteiger partial charge on any atom is 0.242 e. The van der Waals surface area contributed by atoms with Crippen LogP contribution in [0.15, 0.2) is 28.6 Å². The summed E-state index contributed by atoms with van der Waals surface area (Å²) in [6.07, 6.45) is 3.57. The maximum atomic E-state index is 12.2. The van der Waals surface area contributed by atoms with Crippen molar-refractivity contribution in [2.75, 3.05) is 6.54 Å². The Bertz CT molecular complexity index is 711. The Morgan fingerprint density at radius 1 is 1.45 bits per heavy atom. The molecular formula is C13H16N2O3S2. The lowest BCUT2D eigenvalue weighted by Crippen LogP contribution is -2.32. The summed E-state index contributed by atoms with van der Waals surface area (Å²) in [5.41, 5.74) is 0.806. The molecule has 0 bridgehead atoms. The molecule has 0 spiro atoms. The van der Waals surface area contributed by atoms with Gasteiger partial charge in [0.05, 0.1) is 16.3 Å². The van der Waals surface area contributed by atoms with E-state index in [1.807, 2.05) is 11.4 Å². The number of hydrogen-bond acceptors (Lipinski definition) is 5. The van der Waals surface area contributed by atoms with Gasteiger partial charge in [0.15, 0.2) is 0 Å². The average molecular weight is 312 g/mol. The van der Waals surface area contributed by atoms with Crippen LogP contribution in [0.25, 0.3) is 10.2 Å². The van der Waals surface area contributed by atoms with Crippen molar-refractivity contribution in [3.05, 3.63) is 23.7 Å². The van der Waals surface area contributed by atoms with Crippen LogP contribution in [0.2, 0.25) is 0 Å². The summed E-state index contributed by atoms with van der Waals surface area (Å²) in [5, 5.41) is 11.6. The van der Waals surface area contributed by atoms with Gasteiger partial charge in [-0.05, 0) is 36.3 Å². The van der Waals surface area contributed by atoms with E-state index in [0.717, 1.165) is 29.5 Å². The number of nitrogens with zero attached hydrogens (tertiary/aromatic N) is 1. The number of sulfonamides is 1. The van der Waals surface area contributed by atoms with Gasteiger partial charge in [0.2, 0.25) is 10.0 Å². The van der Waals surface area contributed by atoms with Crippen molar-refractivity contribution in [3.8, 4) is 0 Å². The van der Waals surface area contributed by atoms with E-state index in [1.54, 1.807) is 6.07 Å². The normalized spacial score (nSPS) is 23.4. The third-order valence-electron chi connectivity index (χ3n) is 3.74. The largest absolute Gasteiger partial charge is 0.393 e. The van der Waals surface area contributed by atoms with E-state index in [-0.39, 0.29) is 17.4 Å². The molecule has 2 heterocycles. The Kier molecular flexibility index (Phi) is 3.76. The van der Waals surface area contributed by atoms with Crippen LogP contribution in [0.3, 0.4) is 0 Å². The van der Waals surface area contributed by atoms with E-state index < -0.39 is 16.1 Å². The van der Waals surface area contributed by atoms with Crippen molar-refractivity contribution < 1.29 is 13.5 Å². The van der Waals surface area contributed by atoms with Crippen molar-refractivity contribution in [2.24, 2.45) is 5.92 Å². The quantitative estimate of drug-likeness (QED) is 0.901. The number of hydrogen-bond donors (Lipinski definition) is 2. The average Bonchev–Trinajstić information content (AvgIpc) is 3.04. The number of thiophene rings is 1. The minimum Gasteiger partial charge on any atom is -0.393 e. The fourth-order valence-electron chi connectivity index (χ4n) is 2.53. The SMILES string of the molecule is O=S(=O)(NC[C@H]1CCC[C@@H]1O)c1cnc2ccsc2c1. The van der Waals surface area contributed by atoms with E-state index in [2.05, 4.69) is 9.71 Å². The summed E-state index contributed by atoms with van der Waals surface area (Å²) in [7, 11) is -3.56. The van der Waals surface area contributed by atoms with Crippen LogP contribution >= 0.6 is 11.3 Å². The molecule has 0 aliphatic heterocycles. The van der Waals surface area contributed by atoms with E-state index in [1.165, 1.54) is 17.5 Å². The van der Waals surface area contributed by atoms with E-state index in [4.69, 9.17) is 0 Å². The van der Waals surface area contributed by atoms with Crippen molar-refractivity contribution >= 4 is 31.6 Å². The first kappa shape index (κ1) is 13.9. The first-order valence-electron chi connectivity index (χ1n) is 6.57. The highest BCUT2D eigenvalue weighted by Gasteiger charge is 2.27. The van der Waals surface area contributed by atoms with Gasteiger partial charge in [-0.2, -0.15) is 0 Å². The van der Waals surface area contributed by atoms with E-state index in [0.29, 0.717) is 0 Å². The molecule has 1 fully saturated rings. The molecule has 0 saturated heterocycles. The lowest BCUT2D eigenvalue weighted by molar-refractivity contribution is 0.134. The molecule has 5 nitrogen and oxygen atoms in total. The van der Waals surface area contributed by atoms with Crippen LogP contribution in [0, 0.1) is 5.92 Å². The fourth-order valence-corrected chi connectivity index (χ4v) is 4.45. The molecule has 3 rings (SSSR count). The molecule has 0 aromatic carbocycles. The van der Waals surface area contributed by atoms with Crippen LogP contribution < -0.4 is 4.72 Å². The van der Waals surface area contributed by atoms with E-state index in [9.17, 15) is 13.5 Å². The number of nitrogens with one attached hydrogen (secondary N) is 1. The minimum atomic E-state index is -3.56. The Morgan fingerprint density at radius 3 is 3.05 bits per heavy atom. The van der Waals surface area contributed by atoms with Crippen molar-refractivity contribution in [1.82, 2.24) is 9.71 Å². The molecule has 108 valence electrons. The molecule has 0 amide bonds. The van der Waals surface area contributed by atoms with Gasteiger partial charge >= 0.3 is 0 Å². The molecule has 2 aromatic heterocycles. The monoisotopic (exact) mass is 312 g/mol. The number of rotatable bonds is 4. The molecule has 2 aromatic rings. The first-order valence-corrected chi connectivity index (χ1v) is 8.93. The van der Waals surface area contributed by atoms with Gasteiger partial charge in [0, 0.05) is 12.7 Å². The van der Waals surface area contributed by atoms with Gasteiger partial charge in [-0.25, -0.2) is 13.1 Å². The summed E-state index contributed by atoms with van der Waals surface area (Å²) >= 11 is 1.47. The fraction of sp³-hybridized carbons (Fsp3) is 0.462. The van der Waals surface area contributed by atoms with Crippen LogP contribution in [0.5, 0.6) is 0 Å². The summed E-state index contributed by atoms with van der Waals surface area (Å²) in [6, 6.07) is 3.50. The third kappa shape index (κ3) is 2.71. The number of aliphatic hydroxyl groups excluding tert-OH is 1. The number of fused-ring (bicyclic) bond motifs is 1. The topological polar surface area (TPSA) is 79.3 Å². The molecule has 2 N–H and O–H groups in total. The second-order valence-electron chi connectivity index (χ2n) is 5.09. The molecule has 1 saturated carbocycles. The summed E-state index contributed by atoms with van der Waals surface area (Å²) in [4.78, 5) is 4.32. The maximum absolute atomic E-state index is 12.2.